The Bertz CT molecular complexity index is 483. The standard InChI is InChI=1S/C9H8N2O2.C3H4N2/c10-5-7-1-3-8(4-2-7)11-6-9(12)13;1-2-5-3-4-1/h1-4,11H,6H2,(H,12,13);1-3H,(H,4,5). The average Bonchev–Trinajstić information content (AvgIpc) is 2.96. The van der Waals surface area contributed by atoms with Crippen LogP contribution in [0.5, 0.6) is 0 Å². The van der Waals surface area contributed by atoms with E-state index >= 15 is 0 Å². The zero-order valence-electron chi connectivity index (χ0n) is 9.50. The van der Waals surface area contributed by atoms with Crippen LogP contribution >= 0.6 is 0 Å². The number of benzene rings is 1. The Kier molecular flexibility index (Phi) is 5.49. The fourth-order valence-corrected chi connectivity index (χ4v) is 1.06. The summed E-state index contributed by atoms with van der Waals surface area (Å²) in [7, 11) is 0. The second kappa shape index (κ2) is 7.46. The molecule has 18 heavy (non-hydrogen) atoms. The van der Waals surface area contributed by atoms with Crippen LogP contribution in [0, 0.1) is 11.3 Å². The number of nitrogens with one attached hydrogen (secondary N) is 2. The number of hydrogen-bond acceptors (Lipinski definition) is 4. The van der Waals surface area contributed by atoms with Crippen molar-refractivity contribution in [3.05, 3.63) is 48.5 Å². The molecule has 2 rings (SSSR count). The Morgan fingerprint density at radius 3 is 2.56 bits per heavy atom. The summed E-state index contributed by atoms with van der Waals surface area (Å²) in [5.74, 6) is -0.913. The first-order chi connectivity index (χ1) is 8.72. The largest absolute Gasteiger partial charge is 0.480 e. The van der Waals surface area contributed by atoms with Gasteiger partial charge in [-0.05, 0) is 24.3 Å². The van der Waals surface area contributed by atoms with Crippen molar-refractivity contribution < 1.29 is 9.90 Å². The maximum atomic E-state index is 10.2. The first-order valence-corrected chi connectivity index (χ1v) is 5.11. The van der Waals surface area contributed by atoms with Crippen LogP contribution in [-0.2, 0) is 4.79 Å². The summed E-state index contributed by atoms with van der Waals surface area (Å²) in [6, 6.07) is 8.57. The highest BCUT2D eigenvalue weighted by Crippen LogP contribution is 2.07. The molecule has 0 saturated heterocycles. The van der Waals surface area contributed by atoms with Gasteiger partial charge in [-0.2, -0.15) is 5.26 Å². The lowest BCUT2D eigenvalue weighted by atomic mass is 10.2. The van der Waals surface area contributed by atoms with Crippen molar-refractivity contribution in [3.8, 4) is 6.07 Å². The summed E-state index contributed by atoms with van der Waals surface area (Å²) >= 11 is 0. The molecule has 3 N–H and O–H groups in total. The number of nitriles is 1. The van der Waals surface area contributed by atoms with E-state index in [0.717, 1.165) is 0 Å². The molecule has 1 heterocycles. The third kappa shape index (κ3) is 5.32. The Morgan fingerprint density at radius 2 is 2.17 bits per heavy atom. The lowest BCUT2D eigenvalue weighted by Crippen LogP contribution is -2.11. The van der Waals surface area contributed by atoms with E-state index in [2.05, 4.69) is 15.3 Å². The van der Waals surface area contributed by atoms with Crippen molar-refractivity contribution in [2.45, 2.75) is 0 Å². The van der Waals surface area contributed by atoms with Crippen LogP contribution in [0.1, 0.15) is 5.56 Å². The second-order valence-corrected chi connectivity index (χ2v) is 3.20. The molecule has 0 aliphatic rings. The average molecular weight is 244 g/mol. The van der Waals surface area contributed by atoms with E-state index in [1.54, 1.807) is 43.0 Å². The van der Waals surface area contributed by atoms with Crippen LogP contribution in [0.2, 0.25) is 0 Å². The van der Waals surface area contributed by atoms with Gasteiger partial charge in [-0.1, -0.05) is 0 Å². The molecule has 0 amide bonds. The summed E-state index contributed by atoms with van der Waals surface area (Å²) < 4.78 is 0. The molecule has 2 aromatic rings. The highest BCUT2D eigenvalue weighted by Gasteiger charge is 1.96. The molecule has 0 aliphatic heterocycles. The normalized spacial score (nSPS) is 8.61. The van der Waals surface area contributed by atoms with Gasteiger partial charge in [-0.3, -0.25) is 4.79 Å². The van der Waals surface area contributed by atoms with Gasteiger partial charge >= 0.3 is 5.97 Å². The van der Waals surface area contributed by atoms with Crippen molar-refractivity contribution in [2.75, 3.05) is 11.9 Å². The number of rotatable bonds is 3. The zero-order valence-corrected chi connectivity index (χ0v) is 9.50. The van der Waals surface area contributed by atoms with E-state index < -0.39 is 5.97 Å². The van der Waals surface area contributed by atoms with E-state index in [1.807, 2.05) is 6.07 Å². The van der Waals surface area contributed by atoms with E-state index in [-0.39, 0.29) is 6.54 Å². The predicted molar refractivity (Wildman–Crippen MR) is 65.9 cm³/mol. The minimum atomic E-state index is -0.913. The van der Waals surface area contributed by atoms with Gasteiger partial charge in [0, 0.05) is 18.1 Å². The molecule has 0 aliphatic carbocycles. The summed E-state index contributed by atoms with van der Waals surface area (Å²) in [5, 5.41) is 19.5. The zero-order chi connectivity index (χ0) is 13.2. The van der Waals surface area contributed by atoms with Gasteiger partial charge in [0.1, 0.15) is 6.54 Å². The van der Waals surface area contributed by atoms with Gasteiger partial charge in [0.05, 0.1) is 18.0 Å². The number of carboxylic acids is 1. The molecule has 6 heteroatoms. The Labute approximate surface area is 104 Å². The maximum absolute atomic E-state index is 10.2. The third-order valence-corrected chi connectivity index (χ3v) is 1.86. The molecule has 1 aromatic heterocycles. The number of H-pyrrole nitrogens is 1. The molecule has 0 fully saturated rings. The van der Waals surface area contributed by atoms with Gasteiger partial charge in [0.2, 0.25) is 0 Å². The minimum Gasteiger partial charge on any atom is -0.480 e. The second-order valence-electron chi connectivity index (χ2n) is 3.20. The fraction of sp³-hybridized carbons (Fsp3) is 0.0833. The van der Waals surface area contributed by atoms with Crippen LogP contribution in [0.25, 0.3) is 0 Å². The molecule has 6 nitrogen and oxygen atoms in total. The van der Waals surface area contributed by atoms with Gasteiger partial charge in [0.15, 0.2) is 0 Å². The summed E-state index contributed by atoms with van der Waals surface area (Å²) in [5.41, 5.74) is 1.25. The van der Waals surface area contributed by atoms with Crippen molar-refractivity contribution >= 4 is 11.7 Å². The van der Waals surface area contributed by atoms with E-state index in [4.69, 9.17) is 10.4 Å². The minimum absolute atomic E-state index is 0.119. The molecule has 0 saturated carbocycles. The molecule has 0 radical (unpaired) electrons. The van der Waals surface area contributed by atoms with Crippen LogP contribution in [-0.4, -0.2) is 27.6 Å². The molecule has 0 bridgehead atoms. The van der Waals surface area contributed by atoms with E-state index in [0.29, 0.717) is 11.3 Å². The number of carbonyl (C=O) groups is 1. The predicted octanol–water partition coefficient (Wildman–Crippen LogP) is 1.46. The molecule has 92 valence electrons. The summed E-state index contributed by atoms with van der Waals surface area (Å²) in [6.45, 7) is -0.119. The van der Waals surface area contributed by atoms with Crippen LogP contribution in [0.15, 0.2) is 43.0 Å². The van der Waals surface area contributed by atoms with Crippen molar-refractivity contribution in [1.29, 1.82) is 5.26 Å². The SMILES string of the molecule is N#Cc1ccc(NCC(=O)O)cc1.c1c[nH]cn1. The smallest absolute Gasteiger partial charge is 0.322 e. The number of nitrogens with zero attached hydrogens (tertiary/aromatic N) is 2. The Balaban J connectivity index is 0.000000269. The molecular formula is C12H12N4O2. The summed E-state index contributed by atoms with van der Waals surface area (Å²) in [4.78, 5) is 16.6. The Hall–Kier alpha value is -2.81. The van der Waals surface area contributed by atoms with Crippen molar-refractivity contribution in [3.63, 3.8) is 0 Å². The Morgan fingerprint density at radius 1 is 1.44 bits per heavy atom. The molecule has 1 aromatic carbocycles. The first kappa shape index (κ1) is 13.3. The highest BCUT2D eigenvalue weighted by atomic mass is 16.4. The number of hydrogen-bond donors (Lipinski definition) is 3. The lowest BCUT2D eigenvalue weighted by molar-refractivity contribution is -0.134. The van der Waals surface area contributed by atoms with Crippen LogP contribution < -0.4 is 5.32 Å². The monoisotopic (exact) mass is 244 g/mol. The highest BCUT2D eigenvalue weighted by molar-refractivity contribution is 5.72. The third-order valence-electron chi connectivity index (χ3n) is 1.86. The van der Waals surface area contributed by atoms with Gasteiger partial charge in [0.25, 0.3) is 0 Å². The van der Waals surface area contributed by atoms with Crippen LogP contribution in [0.3, 0.4) is 0 Å². The fourth-order valence-electron chi connectivity index (χ4n) is 1.06. The van der Waals surface area contributed by atoms with Gasteiger partial charge in [-0.25, -0.2) is 4.98 Å². The molecule has 0 atom stereocenters. The topological polar surface area (TPSA) is 102 Å². The molecular weight excluding hydrogens is 232 g/mol. The number of aliphatic carboxylic acids is 1. The van der Waals surface area contributed by atoms with E-state index in [9.17, 15) is 4.79 Å². The van der Waals surface area contributed by atoms with E-state index in [1.165, 1.54) is 0 Å². The lowest BCUT2D eigenvalue weighted by Gasteiger charge is -2.01. The first-order valence-electron chi connectivity index (χ1n) is 5.11. The number of imidazole rings is 1. The molecule has 0 spiro atoms. The summed E-state index contributed by atoms with van der Waals surface area (Å²) in [6.07, 6.45) is 5.08. The van der Waals surface area contributed by atoms with Crippen LogP contribution in [0.4, 0.5) is 5.69 Å². The molecule has 0 unspecified atom stereocenters. The number of anilines is 1. The van der Waals surface area contributed by atoms with Crippen molar-refractivity contribution in [1.82, 2.24) is 9.97 Å². The number of carboxylic acid groups (broad SMARTS) is 1. The van der Waals surface area contributed by atoms with Crippen molar-refractivity contribution in [2.24, 2.45) is 0 Å². The van der Waals surface area contributed by atoms with Gasteiger partial charge in [-0.15, -0.1) is 0 Å². The quantitative estimate of drug-likeness (QED) is 0.758. The number of aromatic amines is 1. The maximum Gasteiger partial charge on any atom is 0.322 e. The van der Waals surface area contributed by atoms with Gasteiger partial charge < -0.3 is 15.4 Å². The number of aromatic nitrogens is 2.